The Labute approximate surface area is 147 Å². The van der Waals surface area contributed by atoms with E-state index in [-0.39, 0.29) is 17.9 Å². The summed E-state index contributed by atoms with van der Waals surface area (Å²) in [7, 11) is 0. The van der Waals surface area contributed by atoms with E-state index in [1.54, 1.807) is 0 Å². The Balaban J connectivity index is 1.84. The molecule has 0 aliphatic rings. The molecule has 3 aromatic rings. The number of aryl methyl sites for hydroxylation is 1. The van der Waals surface area contributed by atoms with E-state index in [0.717, 1.165) is 11.1 Å². The number of nitrogens with zero attached hydrogens (tertiary/aromatic N) is 2. The van der Waals surface area contributed by atoms with Gasteiger partial charge < -0.3 is 9.84 Å². The Hall–Kier alpha value is -2.95. The van der Waals surface area contributed by atoms with Crippen LogP contribution in [0.1, 0.15) is 41.7 Å². The third-order valence-corrected chi connectivity index (χ3v) is 4.08. The van der Waals surface area contributed by atoms with Crippen molar-refractivity contribution in [3.8, 4) is 11.4 Å². The summed E-state index contributed by atoms with van der Waals surface area (Å²) in [5.74, 6) is 0.899. The van der Waals surface area contributed by atoms with Crippen molar-refractivity contribution in [3.63, 3.8) is 0 Å². The van der Waals surface area contributed by atoms with Crippen LogP contribution < -0.4 is 5.32 Å². The van der Waals surface area contributed by atoms with Gasteiger partial charge in [-0.1, -0.05) is 67.5 Å². The molecule has 1 aromatic heterocycles. The summed E-state index contributed by atoms with van der Waals surface area (Å²) in [5.41, 5.74) is 2.46. The fourth-order valence-corrected chi connectivity index (χ4v) is 2.63. The number of hydrogen-bond donors (Lipinski definition) is 1. The minimum Gasteiger partial charge on any atom is -0.340 e. The molecule has 0 aliphatic carbocycles. The number of carbonyl (C=O) groups is 1. The van der Waals surface area contributed by atoms with Gasteiger partial charge in [0.2, 0.25) is 11.7 Å². The number of amides is 1. The molecule has 1 amide bonds. The van der Waals surface area contributed by atoms with Crippen molar-refractivity contribution in [2.24, 2.45) is 5.92 Å². The Morgan fingerprint density at radius 2 is 1.72 bits per heavy atom. The highest BCUT2D eigenvalue weighted by Gasteiger charge is 2.25. The molecule has 25 heavy (non-hydrogen) atoms. The number of benzene rings is 2. The van der Waals surface area contributed by atoms with Gasteiger partial charge in [0.1, 0.15) is 6.04 Å². The third-order valence-electron chi connectivity index (χ3n) is 4.08. The monoisotopic (exact) mass is 335 g/mol. The van der Waals surface area contributed by atoms with Crippen molar-refractivity contribution in [1.82, 2.24) is 15.5 Å². The molecule has 5 heteroatoms. The van der Waals surface area contributed by atoms with Crippen LogP contribution in [0.2, 0.25) is 0 Å². The Morgan fingerprint density at radius 1 is 1.04 bits per heavy atom. The predicted molar refractivity (Wildman–Crippen MR) is 96.0 cm³/mol. The van der Waals surface area contributed by atoms with E-state index in [1.165, 1.54) is 0 Å². The summed E-state index contributed by atoms with van der Waals surface area (Å²) >= 11 is 0. The molecule has 0 unspecified atom stereocenters. The van der Waals surface area contributed by atoms with Gasteiger partial charge in [-0.05, 0) is 24.5 Å². The number of rotatable bonds is 5. The van der Waals surface area contributed by atoms with Crippen molar-refractivity contribution in [2.75, 3.05) is 0 Å². The molecule has 0 fully saturated rings. The minimum absolute atomic E-state index is 0.108. The quantitative estimate of drug-likeness (QED) is 0.760. The molecule has 0 saturated heterocycles. The van der Waals surface area contributed by atoms with Crippen molar-refractivity contribution in [3.05, 3.63) is 71.6 Å². The highest BCUT2D eigenvalue weighted by atomic mass is 16.5. The SMILES string of the molecule is Cc1ccccc1C(=O)N[C@@H](c1nc(-c2ccccc2)no1)C(C)C. The average molecular weight is 335 g/mol. The van der Waals surface area contributed by atoms with Crippen molar-refractivity contribution < 1.29 is 9.32 Å². The van der Waals surface area contributed by atoms with Gasteiger partial charge in [0.15, 0.2) is 0 Å². The molecule has 128 valence electrons. The molecule has 0 aliphatic heterocycles. The lowest BCUT2D eigenvalue weighted by Gasteiger charge is -2.19. The minimum atomic E-state index is -0.350. The first kappa shape index (κ1) is 16.9. The maximum Gasteiger partial charge on any atom is 0.252 e. The zero-order chi connectivity index (χ0) is 17.8. The van der Waals surface area contributed by atoms with Crippen LogP contribution >= 0.6 is 0 Å². The number of hydrogen-bond acceptors (Lipinski definition) is 4. The molecule has 0 spiro atoms. The zero-order valence-electron chi connectivity index (χ0n) is 14.6. The van der Waals surface area contributed by atoms with Gasteiger partial charge in [-0.15, -0.1) is 0 Å². The van der Waals surface area contributed by atoms with Gasteiger partial charge in [-0.25, -0.2) is 0 Å². The van der Waals surface area contributed by atoms with Crippen molar-refractivity contribution in [2.45, 2.75) is 26.8 Å². The summed E-state index contributed by atoms with van der Waals surface area (Å²) in [5, 5.41) is 7.07. The summed E-state index contributed by atoms with van der Waals surface area (Å²) < 4.78 is 5.43. The van der Waals surface area contributed by atoms with E-state index in [4.69, 9.17) is 4.52 Å². The van der Waals surface area contributed by atoms with Crippen LogP contribution in [0.3, 0.4) is 0 Å². The second kappa shape index (κ2) is 7.30. The van der Waals surface area contributed by atoms with Crippen LogP contribution in [0.5, 0.6) is 0 Å². The van der Waals surface area contributed by atoms with E-state index in [9.17, 15) is 4.79 Å². The fraction of sp³-hybridized carbons (Fsp3) is 0.250. The highest BCUT2D eigenvalue weighted by Crippen LogP contribution is 2.24. The molecule has 1 N–H and O–H groups in total. The van der Waals surface area contributed by atoms with Gasteiger partial charge in [-0.2, -0.15) is 4.98 Å². The first-order chi connectivity index (χ1) is 12.1. The lowest BCUT2D eigenvalue weighted by atomic mass is 10.0. The predicted octanol–water partition coefficient (Wildman–Crippen LogP) is 4.17. The second-order valence-corrected chi connectivity index (χ2v) is 6.33. The Kier molecular flexibility index (Phi) is 4.93. The maximum atomic E-state index is 12.6. The summed E-state index contributed by atoms with van der Waals surface area (Å²) in [6.07, 6.45) is 0. The molecule has 1 atom stereocenters. The average Bonchev–Trinajstić information content (AvgIpc) is 3.10. The van der Waals surface area contributed by atoms with Crippen LogP contribution in [-0.4, -0.2) is 16.0 Å². The van der Waals surface area contributed by atoms with Gasteiger partial charge in [0.25, 0.3) is 5.91 Å². The number of aromatic nitrogens is 2. The molecule has 2 aromatic carbocycles. The van der Waals surface area contributed by atoms with E-state index in [0.29, 0.717) is 17.3 Å². The van der Waals surface area contributed by atoms with E-state index in [1.807, 2.05) is 75.4 Å². The largest absolute Gasteiger partial charge is 0.340 e. The topological polar surface area (TPSA) is 68.0 Å². The van der Waals surface area contributed by atoms with E-state index < -0.39 is 0 Å². The molecule has 0 bridgehead atoms. The Bertz CT molecular complexity index is 856. The Morgan fingerprint density at radius 3 is 2.40 bits per heavy atom. The standard InChI is InChI=1S/C20H21N3O2/c1-13(2)17(21-19(24)16-12-8-7-9-14(16)3)20-22-18(23-25-20)15-10-5-4-6-11-15/h4-13,17H,1-3H3,(H,21,24)/t17-/m1/s1. The lowest BCUT2D eigenvalue weighted by molar-refractivity contribution is 0.0913. The smallest absolute Gasteiger partial charge is 0.252 e. The molecule has 5 nitrogen and oxygen atoms in total. The van der Waals surface area contributed by atoms with Crippen molar-refractivity contribution >= 4 is 5.91 Å². The molecule has 3 rings (SSSR count). The molecule has 1 heterocycles. The second-order valence-electron chi connectivity index (χ2n) is 6.33. The van der Waals surface area contributed by atoms with Gasteiger partial charge in [0, 0.05) is 11.1 Å². The summed E-state index contributed by atoms with van der Waals surface area (Å²) in [6.45, 7) is 5.93. The maximum absolute atomic E-state index is 12.6. The molecule has 0 saturated carbocycles. The van der Waals surface area contributed by atoms with Crippen molar-refractivity contribution in [1.29, 1.82) is 0 Å². The third kappa shape index (κ3) is 3.76. The lowest BCUT2D eigenvalue weighted by Crippen LogP contribution is -2.32. The molecule has 0 radical (unpaired) electrons. The fourth-order valence-electron chi connectivity index (χ4n) is 2.63. The highest BCUT2D eigenvalue weighted by molar-refractivity contribution is 5.95. The van der Waals surface area contributed by atoms with Crippen LogP contribution in [0.25, 0.3) is 11.4 Å². The van der Waals surface area contributed by atoms with Gasteiger partial charge in [0.05, 0.1) is 0 Å². The van der Waals surface area contributed by atoms with Crippen LogP contribution in [0.4, 0.5) is 0 Å². The van der Waals surface area contributed by atoms with E-state index in [2.05, 4.69) is 15.5 Å². The molecular formula is C20H21N3O2. The first-order valence-corrected chi connectivity index (χ1v) is 8.32. The van der Waals surface area contributed by atoms with Crippen LogP contribution in [0, 0.1) is 12.8 Å². The number of carbonyl (C=O) groups excluding carboxylic acids is 1. The van der Waals surface area contributed by atoms with Crippen LogP contribution in [0.15, 0.2) is 59.1 Å². The summed E-state index contributed by atoms with van der Waals surface area (Å²) in [6, 6.07) is 16.8. The van der Waals surface area contributed by atoms with E-state index >= 15 is 0 Å². The summed E-state index contributed by atoms with van der Waals surface area (Å²) in [4.78, 5) is 17.1. The zero-order valence-corrected chi connectivity index (χ0v) is 14.6. The first-order valence-electron chi connectivity index (χ1n) is 8.32. The van der Waals surface area contributed by atoms with Crippen LogP contribution in [-0.2, 0) is 0 Å². The van der Waals surface area contributed by atoms with Gasteiger partial charge in [-0.3, -0.25) is 4.79 Å². The number of nitrogens with one attached hydrogen (secondary N) is 1. The van der Waals surface area contributed by atoms with Gasteiger partial charge >= 0.3 is 0 Å². The molecular weight excluding hydrogens is 314 g/mol. The normalized spacial score (nSPS) is 12.2.